The van der Waals surface area contributed by atoms with Gasteiger partial charge in [0.15, 0.2) is 5.69 Å². The molecule has 92 valence electrons. The molecular formula is C11H11N5O2. The third kappa shape index (κ3) is 2.34. The number of pyridine rings is 1. The van der Waals surface area contributed by atoms with E-state index in [1.54, 1.807) is 24.5 Å². The summed E-state index contributed by atoms with van der Waals surface area (Å²) in [7, 11) is 0. The van der Waals surface area contributed by atoms with E-state index in [1.165, 1.54) is 4.68 Å². The van der Waals surface area contributed by atoms with Crippen molar-refractivity contribution in [1.29, 1.82) is 5.26 Å². The Morgan fingerprint density at radius 3 is 2.72 bits per heavy atom. The van der Waals surface area contributed by atoms with Crippen molar-refractivity contribution in [3.05, 3.63) is 30.2 Å². The van der Waals surface area contributed by atoms with Crippen LogP contribution < -0.4 is 0 Å². The predicted molar refractivity (Wildman–Crippen MR) is 61.1 cm³/mol. The summed E-state index contributed by atoms with van der Waals surface area (Å²) in [5.74, 6) is 0. The van der Waals surface area contributed by atoms with Crippen LogP contribution in [0.3, 0.4) is 0 Å². The molecule has 1 unspecified atom stereocenters. The minimum absolute atomic E-state index is 0.0723. The van der Waals surface area contributed by atoms with Gasteiger partial charge in [0.05, 0.1) is 19.3 Å². The number of aliphatic hydroxyl groups is 2. The van der Waals surface area contributed by atoms with Gasteiger partial charge in [0.2, 0.25) is 0 Å². The number of aromatic nitrogens is 4. The van der Waals surface area contributed by atoms with Gasteiger partial charge in [-0.3, -0.25) is 4.98 Å². The maximum atomic E-state index is 9.43. The molecule has 0 saturated carbocycles. The molecule has 0 aliphatic heterocycles. The Morgan fingerprint density at radius 2 is 2.11 bits per heavy atom. The molecule has 0 fully saturated rings. The van der Waals surface area contributed by atoms with Crippen LogP contribution in [0, 0.1) is 11.3 Å². The Bertz CT molecular complexity index is 561. The Labute approximate surface area is 103 Å². The molecule has 7 heteroatoms. The van der Waals surface area contributed by atoms with Crippen molar-refractivity contribution in [2.45, 2.75) is 12.6 Å². The number of hydrogen-bond donors (Lipinski definition) is 2. The number of nitriles is 1. The third-order valence-electron chi connectivity index (χ3n) is 2.39. The van der Waals surface area contributed by atoms with Crippen molar-refractivity contribution >= 4 is 0 Å². The van der Waals surface area contributed by atoms with Crippen LogP contribution in [0.15, 0.2) is 24.5 Å². The highest BCUT2D eigenvalue weighted by molar-refractivity contribution is 5.64. The topological polar surface area (TPSA) is 108 Å². The highest BCUT2D eigenvalue weighted by atomic mass is 16.3. The predicted octanol–water partition coefficient (Wildman–Crippen LogP) is -0.435. The summed E-state index contributed by atoms with van der Waals surface area (Å²) < 4.78 is 1.40. The zero-order valence-electron chi connectivity index (χ0n) is 9.43. The standard InChI is InChI=1S/C11H11N5O2/c12-5-10-11(8-1-3-13-4-2-8)16(15-14-10)6-9(18)7-17/h1-4,9,17-18H,6-7H2. The van der Waals surface area contributed by atoms with E-state index < -0.39 is 6.10 Å². The van der Waals surface area contributed by atoms with Gasteiger partial charge in [-0.2, -0.15) is 5.26 Å². The number of aliphatic hydroxyl groups excluding tert-OH is 2. The first-order chi connectivity index (χ1) is 8.76. The van der Waals surface area contributed by atoms with E-state index in [9.17, 15) is 5.11 Å². The second-order valence-electron chi connectivity index (χ2n) is 3.65. The lowest BCUT2D eigenvalue weighted by Crippen LogP contribution is -2.21. The smallest absolute Gasteiger partial charge is 0.190 e. The summed E-state index contributed by atoms with van der Waals surface area (Å²) in [6.07, 6.45) is 2.24. The molecule has 2 N–H and O–H groups in total. The SMILES string of the molecule is N#Cc1nnn(CC(O)CO)c1-c1ccncc1. The molecule has 0 aliphatic rings. The second-order valence-corrected chi connectivity index (χ2v) is 3.65. The van der Waals surface area contributed by atoms with Gasteiger partial charge in [0.1, 0.15) is 11.8 Å². The summed E-state index contributed by atoms with van der Waals surface area (Å²) in [5.41, 5.74) is 1.41. The molecule has 2 heterocycles. The summed E-state index contributed by atoms with van der Waals surface area (Å²) >= 11 is 0. The summed E-state index contributed by atoms with van der Waals surface area (Å²) in [5, 5.41) is 34.8. The van der Waals surface area contributed by atoms with Crippen LogP contribution in [0.4, 0.5) is 0 Å². The number of rotatable bonds is 4. The molecule has 2 aromatic rings. The van der Waals surface area contributed by atoms with E-state index in [0.29, 0.717) is 5.69 Å². The lowest BCUT2D eigenvalue weighted by Gasteiger charge is -2.09. The van der Waals surface area contributed by atoms with Crippen LogP contribution in [0.2, 0.25) is 0 Å². The zero-order chi connectivity index (χ0) is 13.0. The quantitative estimate of drug-likeness (QED) is 0.756. The molecule has 0 saturated heterocycles. The molecule has 0 radical (unpaired) electrons. The van der Waals surface area contributed by atoms with Gasteiger partial charge in [-0.05, 0) is 12.1 Å². The lowest BCUT2D eigenvalue weighted by atomic mass is 10.1. The molecule has 0 spiro atoms. The molecular weight excluding hydrogens is 234 g/mol. The van der Waals surface area contributed by atoms with E-state index in [2.05, 4.69) is 15.3 Å². The molecule has 2 rings (SSSR count). The van der Waals surface area contributed by atoms with Crippen LogP contribution in [-0.4, -0.2) is 42.9 Å². The highest BCUT2D eigenvalue weighted by Crippen LogP contribution is 2.21. The Balaban J connectivity index is 2.44. The van der Waals surface area contributed by atoms with Gasteiger partial charge in [0, 0.05) is 18.0 Å². The van der Waals surface area contributed by atoms with Gasteiger partial charge in [0.25, 0.3) is 0 Å². The molecule has 0 aromatic carbocycles. The van der Waals surface area contributed by atoms with Crippen molar-refractivity contribution in [2.24, 2.45) is 0 Å². The first kappa shape index (κ1) is 12.2. The summed E-state index contributed by atoms with van der Waals surface area (Å²) in [6.45, 7) is -0.305. The molecule has 0 amide bonds. The van der Waals surface area contributed by atoms with Crippen molar-refractivity contribution in [1.82, 2.24) is 20.0 Å². The molecule has 1 atom stereocenters. The monoisotopic (exact) mass is 245 g/mol. The number of hydrogen-bond acceptors (Lipinski definition) is 6. The van der Waals surface area contributed by atoms with Gasteiger partial charge in [-0.15, -0.1) is 5.10 Å². The van der Waals surface area contributed by atoms with Crippen LogP contribution >= 0.6 is 0 Å². The van der Waals surface area contributed by atoms with E-state index >= 15 is 0 Å². The van der Waals surface area contributed by atoms with Crippen molar-refractivity contribution < 1.29 is 10.2 Å². The van der Waals surface area contributed by atoms with Crippen LogP contribution in [-0.2, 0) is 6.54 Å². The minimum atomic E-state index is -0.946. The van der Waals surface area contributed by atoms with E-state index in [0.717, 1.165) is 5.56 Å². The summed E-state index contributed by atoms with van der Waals surface area (Å²) in [6, 6.07) is 5.39. The fraction of sp³-hybridized carbons (Fsp3) is 0.273. The average molecular weight is 245 g/mol. The Morgan fingerprint density at radius 1 is 1.39 bits per heavy atom. The highest BCUT2D eigenvalue weighted by Gasteiger charge is 2.16. The molecule has 18 heavy (non-hydrogen) atoms. The van der Waals surface area contributed by atoms with Crippen molar-refractivity contribution in [3.63, 3.8) is 0 Å². The van der Waals surface area contributed by atoms with Gasteiger partial charge < -0.3 is 10.2 Å². The Kier molecular flexibility index (Phi) is 3.62. The van der Waals surface area contributed by atoms with Gasteiger partial charge in [-0.1, -0.05) is 5.21 Å². The van der Waals surface area contributed by atoms with Crippen LogP contribution in [0.1, 0.15) is 5.69 Å². The van der Waals surface area contributed by atoms with Crippen LogP contribution in [0.25, 0.3) is 11.3 Å². The van der Waals surface area contributed by atoms with Crippen molar-refractivity contribution in [2.75, 3.05) is 6.61 Å². The van der Waals surface area contributed by atoms with Gasteiger partial charge in [-0.25, -0.2) is 4.68 Å². The molecule has 7 nitrogen and oxygen atoms in total. The minimum Gasteiger partial charge on any atom is -0.394 e. The normalized spacial score (nSPS) is 12.1. The first-order valence-electron chi connectivity index (χ1n) is 5.29. The fourth-order valence-corrected chi connectivity index (χ4v) is 1.57. The maximum absolute atomic E-state index is 9.43. The maximum Gasteiger partial charge on any atom is 0.190 e. The Hall–Kier alpha value is -2.30. The molecule has 2 aromatic heterocycles. The van der Waals surface area contributed by atoms with E-state index in [-0.39, 0.29) is 18.8 Å². The summed E-state index contributed by atoms with van der Waals surface area (Å²) in [4.78, 5) is 3.90. The first-order valence-corrected chi connectivity index (χ1v) is 5.29. The second kappa shape index (κ2) is 5.35. The lowest BCUT2D eigenvalue weighted by molar-refractivity contribution is 0.0782. The van der Waals surface area contributed by atoms with Crippen LogP contribution in [0.5, 0.6) is 0 Å². The van der Waals surface area contributed by atoms with E-state index in [1.807, 2.05) is 6.07 Å². The molecule has 0 bridgehead atoms. The molecule has 0 aliphatic carbocycles. The third-order valence-corrected chi connectivity index (χ3v) is 2.39. The van der Waals surface area contributed by atoms with Gasteiger partial charge >= 0.3 is 0 Å². The average Bonchev–Trinajstić information content (AvgIpc) is 2.82. The van der Waals surface area contributed by atoms with E-state index in [4.69, 9.17) is 10.4 Å². The largest absolute Gasteiger partial charge is 0.394 e. The number of nitrogens with zero attached hydrogens (tertiary/aromatic N) is 5. The fourth-order valence-electron chi connectivity index (χ4n) is 1.57. The van der Waals surface area contributed by atoms with Crippen molar-refractivity contribution in [3.8, 4) is 17.3 Å². The zero-order valence-corrected chi connectivity index (χ0v) is 9.43.